The molecule has 8 atom stereocenters. The molecule has 67 heavy (non-hydrogen) atoms. The van der Waals surface area contributed by atoms with Crippen LogP contribution in [0.25, 0.3) is 0 Å². The lowest BCUT2D eigenvalue weighted by molar-refractivity contribution is -0.149. The smallest absolute Gasteiger partial charge is 0.326 e. The van der Waals surface area contributed by atoms with Crippen molar-refractivity contribution in [3.8, 4) is 5.75 Å². The number of carboxylic acid groups (broad SMARTS) is 2. The van der Waals surface area contributed by atoms with E-state index in [1.54, 1.807) is 39.8 Å². The van der Waals surface area contributed by atoms with Crippen LogP contribution in [0, 0.1) is 17.2 Å². The number of carbonyl (C=O) groups is 8. The average molecular weight is 939 g/mol. The molecule has 2 aromatic rings. The summed E-state index contributed by atoms with van der Waals surface area (Å²) in [5, 5.41) is 55.9. The number of aliphatic carboxylic acids is 2. The van der Waals surface area contributed by atoms with Gasteiger partial charge >= 0.3 is 11.9 Å². The number of nitrogens with two attached hydrogens (primary N) is 1. The zero-order chi connectivity index (χ0) is 49.4. The maximum atomic E-state index is 14.4. The summed E-state index contributed by atoms with van der Waals surface area (Å²) in [5.41, 5.74) is 6.34. The van der Waals surface area contributed by atoms with Gasteiger partial charge in [0, 0.05) is 38.2 Å². The number of carboxylic acids is 2. The van der Waals surface area contributed by atoms with Crippen LogP contribution in [0.3, 0.4) is 0 Å². The van der Waals surface area contributed by atoms with Crippen molar-refractivity contribution in [2.24, 2.45) is 17.6 Å². The number of carbonyl (C=O) groups excluding carboxylic acids is 6. The molecule has 1 saturated carbocycles. The minimum atomic E-state index is -1.38. The van der Waals surface area contributed by atoms with Crippen molar-refractivity contribution < 1.29 is 53.7 Å². The van der Waals surface area contributed by atoms with Crippen LogP contribution in [0.2, 0.25) is 0 Å². The zero-order valence-electron chi connectivity index (χ0n) is 38.3. The van der Waals surface area contributed by atoms with Crippen molar-refractivity contribution in [1.29, 1.82) is 5.41 Å². The number of imidazole rings is 1. The topological polar surface area (TPSA) is 363 Å². The second-order valence-corrected chi connectivity index (χ2v) is 17.5. The van der Waals surface area contributed by atoms with E-state index in [4.69, 9.17) is 11.1 Å². The van der Waals surface area contributed by atoms with Gasteiger partial charge in [-0.25, -0.2) is 9.78 Å². The third-order valence-corrected chi connectivity index (χ3v) is 11.8. The van der Waals surface area contributed by atoms with Crippen LogP contribution >= 0.6 is 0 Å². The number of aromatic nitrogens is 2. The summed E-state index contributed by atoms with van der Waals surface area (Å²) in [5.74, 6) is -8.34. The minimum absolute atomic E-state index is 0.00475. The molecule has 1 aliphatic heterocycles. The number of aromatic hydroxyl groups is 1. The lowest BCUT2D eigenvalue weighted by Gasteiger charge is -2.31. The lowest BCUT2D eigenvalue weighted by Crippen LogP contribution is -2.62. The van der Waals surface area contributed by atoms with Gasteiger partial charge in [0.15, 0.2) is 5.96 Å². The molecule has 23 heteroatoms. The van der Waals surface area contributed by atoms with Crippen LogP contribution in [-0.4, -0.2) is 145 Å². The van der Waals surface area contributed by atoms with Gasteiger partial charge in [-0.2, -0.15) is 0 Å². The first-order valence-electron chi connectivity index (χ1n) is 22.6. The summed E-state index contributed by atoms with van der Waals surface area (Å²) in [7, 11) is 0. The van der Waals surface area contributed by atoms with Gasteiger partial charge in [0.2, 0.25) is 35.4 Å². The highest BCUT2D eigenvalue weighted by Crippen LogP contribution is 2.22. The number of hydrogen-bond donors (Lipinski definition) is 13. The van der Waals surface area contributed by atoms with E-state index in [1.165, 1.54) is 29.6 Å². The highest BCUT2D eigenvalue weighted by atomic mass is 16.4. The Balaban J connectivity index is 1.58. The maximum Gasteiger partial charge on any atom is 0.326 e. The van der Waals surface area contributed by atoms with Crippen molar-refractivity contribution >= 4 is 53.3 Å². The molecule has 0 spiro atoms. The highest BCUT2D eigenvalue weighted by Gasteiger charge is 2.40. The van der Waals surface area contributed by atoms with Crippen LogP contribution in [-0.2, 0) is 51.2 Å². The molecule has 0 unspecified atom stereocenters. The molecule has 1 saturated heterocycles. The largest absolute Gasteiger partial charge is 0.508 e. The number of nitrogens with one attached hydrogen (secondary N) is 9. The molecule has 1 aliphatic carbocycles. The van der Waals surface area contributed by atoms with Gasteiger partial charge in [-0.15, -0.1) is 0 Å². The molecule has 0 radical (unpaired) electrons. The molecule has 2 fully saturated rings. The molecule has 0 bridgehead atoms. The number of hydrogen-bond acceptors (Lipinski definition) is 12. The fraction of sp³-hybridized carbons (Fsp3) is 0.591. The molecule has 23 nitrogen and oxygen atoms in total. The Hall–Kier alpha value is -6.78. The molecule has 4 rings (SSSR count). The number of rotatable bonds is 27. The van der Waals surface area contributed by atoms with Gasteiger partial charge in [-0.05, 0) is 68.1 Å². The van der Waals surface area contributed by atoms with E-state index in [9.17, 15) is 53.7 Å². The number of amides is 6. The third kappa shape index (κ3) is 16.6. The van der Waals surface area contributed by atoms with E-state index >= 15 is 0 Å². The summed E-state index contributed by atoms with van der Waals surface area (Å²) in [4.78, 5) is 116. The van der Waals surface area contributed by atoms with Gasteiger partial charge in [-0.3, -0.25) is 39.0 Å². The van der Waals surface area contributed by atoms with Gasteiger partial charge in [0.05, 0.1) is 24.5 Å². The normalized spacial score (nSPS) is 17.7. The first-order chi connectivity index (χ1) is 31.8. The van der Waals surface area contributed by atoms with Gasteiger partial charge in [0.1, 0.15) is 42.0 Å². The van der Waals surface area contributed by atoms with Gasteiger partial charge in [-0.1, -0.05) is 46.2 Å². The first-order valence-corrected chi connectivity index (χ1v) is 22.6. The average Bonchev–Trinajstić information content (AvgIpc) is 3.68. The lowest BCUT2D eigenvalue weighted by atomic mass is 9.96. The number of aromatic amines is 1. The molecule has 2 heterocycles. The number of phenolic OH excluding ortho intramolecular Hbond substituents is 1. The fourth-order valence-corrected chi connectivity index (χ4v) is 7.65. The van der Waals surface area contributed by atoms with Crippen molar-refractivity contribution in [3.05, 3.63) is 48.0 Å². The van der Waals surface area contributed by atoms with E-state index in [0.29, 0.717) is 24.1 Å². The fourth-order valence-electron chi connectivity index (χ4n) is 7.65. The standard InChI is InChI=1S/C44H66N12O11/c1-5-24(4)36(41(64)53-32(19-27-21-47-22-49-27)42(65)56-17-7-9-33(56)43(66)67)55-39(62)30(18-25-10-14-28(57)15-11-25)52-40(63)35(23(2)3)54-37(60)29(8-6-16-48-44(45)46)51-38(61)31(20-34(58)59)50-26-12-13-26/h10-11,14-15,21-24,26,29-33,35-36,50,57H,5-9,12-13,16-20H2,1-4H3,(H,47,49)(H,51,61)(H,52,63)(H,53,64)(H,54,60)(H,55,62)(H,58,59)(H,66,67)(H4,45,46,48)/t24-,29-,30-,31-,32-,33-,35-,36-/m0/s1. The molecule has 2 aliphatic rings. The Bertz CT molecular complexity index is 2050. The highest BCUT2D eigenvalue weighted by molar-refractivity contribution is 5.97. The van der Waals surface area contributed by atoms with E-state index in [1.807, 2.05) is 0 Å². The van der Waals surface area contributed by atoms with Crippen molar-refractivity contribution in [2.45, 2.75) is 140 Å². The molecular weight excluding hydrogens is 873 g/mol. The number of guanidine groups is 1. The van der Waals surface area contributed by atoms with E-state index in [-0.39, 0.29) is 62.9 Å². The summed E-state index contributed by atoms with van der Waals surface area (Å²) >= 11 is 0. The number of phenols is 1. The second-order valence-electron chi connectivity index (χ2n) is 17.5. The van der Waals surface area contributed by atoms with Crippen LogP contribution in [0.1, 0.15) is 90.3 Å². The molecule has 14 N–H and O–H groups in total. The van der Waals surface area contributed by atoms with Crippen LogP contribution in [0.15, 0.2) is 36.8 Å². The number of H-pyrrole nitrogens is 1. The number of benzene rings is 1. The van der Waals surface area contributed by atoms with Crippen molar-refractivity contribution in [1.82, 2.24) is 52.1 Å². The molecule has 6 amide bonds. The zero-order valence-corrected chi connectivity index (χ0v) is 38.3. The van der Waals surface area contributed by atoms with Crippen LogP contribution in [0.4, 0.5) is 0 Å². The summed E-state index contributed by atoms with van der Waals surface area (Å²) < 4.78 is 0. The first kappa shape index (κ1) is 52.8. The van der Waals surface area contributed by atoms with Crippen LogP contribution < -0.4 is 43.0 Å². The minimum Gasteiger partial charge on any atom is -0.508 e. The van der Waals surface area contributed by atoms with E-state index < -0.39 is 108 Å². The Morgan fingerprint density at radius 2 is 1.43 bits per heavy atom. The molecule has 368 valence electrons. The van der Waals surface area contributed by atoms with Gasteiger partial charge in [0.25, 0.3) is 0 Å². The van der Waals surface area contributed by atoms with Gasteiger partial charge < -0.3 is 68.2 Å². The Kier molecular flexibility index (Phi) is 19.9. The summed E-state index contributed by atoms with van der Waals surface area (Å²) in [6.45, 7) is 7.14. The third-order valence-electron chi connectivity index (χ3n) is 11.8. The second kappa shape index (κ2) is 25.2. The number of nitrogens with zero attached hydrogens (tertiary/aromatic N) is 2. The number of likely N-dealkylation sites (tertiary alicyclic amines) is 1. The summed E-state index contributed by atoms with van der Waals surface area (Å²) in [6, 6.07) is -2.83. The molecule has 1 aromatic heterocycles. The Morgan fingerprint density at radius 1 is 0.821 bits per heavy atom. The predicted octanol–water partition coefficient (Wildman–Crippen LogP) is -1.04. The molecular formula is C44H66N12O11. The van der Waals surface area contributed by atoms with E-state index in [0.717, 1.165) is 12.8 Å². The van der Waals surface area contributed by atoms with Crippen molar-refractivity contribution in [2.75, 3.05) is 13.1 Å². The maximum absolute atomic E-state index is 14.4. The molecule has 1 aromatic carbocycles. The van der Waals surface area contributed by atoms with Crippen molar-refractivity contribution in [3.63, 3.8) is 0 Å². The Morgan fingerprint density at radius 3 is 2.01 bits per heavy atom. The van der Waals surface area contributed by atoms with E-state index in [2.05, 4.69) is 47.2 Å². The van der Waals surface area contributed by atoms with Crippen LogP contribution in [0.5, 0.6) is 5.75 Å². The SMILES string of the molecule is CC[C@H](C)[C@H](NC(=O)[C@H](Cc1ccc(O)cc1)NC(=O)[C@@H](NC(=O)[C@H](CCCNC(=N)N)NC(=O)[C@H](CC(=O)O)NC1CC1)C(C)C)C(=O)N[C@@H](Cc1c[nH]cn1)C(=O)N1CCC[C@H]1C(=O)O. The Labute approximate surface area is 388 Å². The monoisotopic (exact) mass is 938 g/mol. The quantitative estimate of drug-likeness (QED) is 0.0289. The summed E-state index contributed by atoms with van der Waals surface area (Å²) in [6.07, 6.45) is 5.01. The predicted molar refractivity (Wildman–Crippen MR) is 242 cm³/mol.